The molecule has 9 nitrogen and oxygen atoms in total. The molecule has 0 N–H and O–H groups in total. The molecule has 0 bridgehead atoms. The molecular weight excluding hydrogens is 1090 g/mol. The van der Waals surface area contributed by atoms with Gasteiger partial charge in [-0.25, -0.2) is 0 Å². The van der Waals surface area contributed by atoms with E-state index in [1.54, 1.807) is 0 Å². The third-order valence-corrected chi connectivity index (χ3v) is 15.0. The highest BCUT2D eigenvalue weighted by molar-refractivity contribution is 7.45. The number of esters is 2. The summed E-state index contributed by atoms with van der Waals surface area (Å²) in [5, 5.41) is 0. The van der Waals surface area contributed by atoms with Gasteiger partial charge in [-0.15, -0.1) is 0 Å². The Morgan fingerprint density at radius 1 is 0.360 bits per heavy atom. The molecule has 0 saturated carbocycles. The molecule has 0 aromatic heterocycles. The molecule has 0 rings (SSSR count). The van der Waals surface area contributed by atoms with Gasteiger partial charge in [-0.2, -0.15) is 0 Å². The van der Waals surface area contributed by atoms with E-state index in [0.717, 1.165) is 135 Å². The molecule has 488 valence electrons. The number of nitrogens with zero attached hydrogens (tertiary/aromatic N) is 1. The summed E-state index contributed by atoms with van der Waals surface area (Å²) in [5.41, 5.74) is 0. The second-order valence-corrected chi connectivity index (χ2v) is 24.8. The first-order chi connectivity index (χ1) is 42.0. The van der Waals surface area contributed by atoms with E-state index in [9.17, 15) is 19.0 Å². The van der Waals surface area contributed by atoms with E-state index < -0.39 is 32.5 Å². The van der Waals surface area contributed by atoms with E-state index in [4.69, 9.17) is 18.5 Å². The van der Waals surface area contributed by atoms with Crippen molar-refractivity contribution >= 4 is 19.8 Å². The van der Waals surface area contributed by atoms with Gasteiger partial charge in [0.15, 0.2) is 6.10 Å². The first-order valence-corrected chi connectivity index (χ1v) is 35.7. The maximum Gasteiger partial charge on any atom is 0.306 e. The summed E-state index contributed by atoms with van der Waals surface area (Å²) in [4.78, 5) is 38.0. The van der Waals surface area contributed by atoms with E-state index in [-0.39, 0.29) is 26.1 Å². The van der Waals surface area contributed by atoms with Crippen molar-refractivity contribution in [3.63, 3.8) is 0 Å². The van der Waals surface area contributed by atoms with Crippen LogP contribution in [0.3, 0.4) is 0 Å². The molecule has 0 aliphatic rings. The van der Waals surface area contributed by atoms with Crippen molar-refractivity contribution < 1.29 is 42.1 Å². The predicted molar refractivity (Wildman–Crippen MR) is 369 cm³/mol. The highest BCUT2D eigenvalue weighted by Crippen LogP contribution is 2.38. The minimum Gasteiger partial charge on any atom is -0.756 e. The first-order valence-electron chi connectivity index (χ1n) is 34.2. The minimum absolute atomic E-state index is 0.0425. The molecule has 0 heterocycles. The van der Waals surface area contributed by atoms with Crippen LogP contribution in [0.15, 0.2) is 158 Å². The second kappa shape index (κ2) is 65.1. The summed E-state index contributed by atoms with van der Waals surface area (Å²) in [6.07, 6.45) is 97.4. The Balaban J connectivity index is 4.12. The minimum atomic E-state index is -4.66. The number of hydrogen-bond donors (Lipinski definition) is 0. The number of quaternary nitrogens is 1. The smallest absolute Gasteiger partial charge is 0.306 e. The molecule has 0 fully saturated rings. The Morgan fingerprint density at radius 3 is 0.930 bits per heavy atom. The number of carbonyl (C=O) groups is 2. The Labute approximate surface area is 528 Å². The summed E-state index contributed by atoms with van der Waals surface area (Å²) >= 11 is 0. The molecule has 0 radical (unpaired) electrons. The van der Waals surface area contributed by atoms with Gasteiger partial charge in [-0.3, -0.25) is 14.2 Å². The topological polar surface area (TPSA) is 111 Å². The number of hydrogen-bond acceptors (Lipinski definition) is 8. The SMILES string of the molecule is CC/C=C\C/C=C\C/C=C\C/C=C\C/C=C\C/C=C\C/C=C\CCCCCCCC(=O)OC(COC(=O)CCCCCCCCCCCCCCCCCC/C=C\C/C=C\C/C=C\C/C=C\C/C=C\C/C=C\CC)COP(=O)([O-])OCC[N+](C)(C)C. The summed E-state index contributed by atoms with van der Waals surface area (Å²) in [6, 6.07) is 0. The van der Waals surface area contributed by atoms with Gasteiger partial charge in [0.05, 0.1) is 27.7 Å². The van der Waals surface area contributed by atoms with Crippen LogP contribution in [0.1, 0.15) is 258 Å². The highest BCUT2D eigenvalue weighted by Gasteiger charge is 2.22. The van der Waals surface area contributed by atoms with Gasteiger partial charge in [-0.05, 0) is 122 Å². The molecule has 2 unspecified atom stereocenters. The van der Waals surface area contributed by atoms with Gasteiger partial charge in [0.25, 0.3) is 7.82 Å². The van der Waals surface area contributed by atoms with Crippen molar-refractivity contribution in [1.82, 2.24) is 0 Å². The average molecular weight is 1210 g/mol. The molecule has 0 aromatic carbocycles. The lowest BCUT2D eigenvalue weighted by Crippen LogP contribution is -2.37. The van der Waals surface area contributed by atoms with Gasteiger partial charge in [0.2, 0.25) is 0 Å². The van der Waals surface area contributed by atoms with Crippen LogP contribution in [-0.4, -0.2) is 70.0 Å². The lowest BCUT2D eigenvalue weighted by molar-refractivity contribution is -0.870. The number of phosphoric ester groups is 1. The van der Waals surface area contributed by atoms with E-state index in [0.29, 0.717) is 17.4 Å². The molecular formula is C76H126NO8P. The van der Waals surface area contributed by atoms with E-state index in [2.05, 4.69) is 172 Å². The van der Waals surface area contributed by atoms with Gasteiger partial charge in [-0.1, -0.05) is 281 Å². The summed E-state index contributed by atoms with van der Waals surface area (Å²) in [6.45, 7) is 3.98. The van der Waals surface area contributed by atoms with Gasteiger partial charge < -0.3 is 27.9 Å². The third kappa shape index (κ3) is 68.7. The fourth-order valence-electron chi connectivity index (χ4n) is 8.88. The average Bonchev–Trinajstić information content (AvgIpc) is 3.53. The Hall–Kier alpha value is -4.37. The first kappa shape index (κ1) is 81.6. The normalized spacial score (nSPS) is 14.2. The van der Waals surface area contributed by atoms with Crippen molar-refractivity contribution in [2.75, 3.05) is 47.5 Å². The molecule has 0 spiro atoms. The number of unbranched alkanes of at least 4 members (excludes halogenated alkanes) is 21. The second-order valence-electron chi connectivity index (χ2n) is 23.4. The van der Waals surface area contributed by atoms with E-state index >= 15 is 0 Å². The zero-order valence-electron chi connectivity index (χ0n) is 55.4. The van der Waals surface area contributed by atoms with Crippen LogP contribution in [0.5, 0.6) is 0 Å². The van der Waals surface area contributed by atoms with Crippen LogP contribution in [0.2, 0.25) is 0 Å². The molecule has 2 atom stereocenters. The number of allylic oxidation sites excluding steroid dienone is 26. The molecule has 10 heteroatoms. The molecule has 0 aromatic rings. The van der Waals surface area contributed by atoms with Crippen LogP contribution >= 0.6 is 7.82 Å². The maximum atomic E-state index is 12.8. The lowest BCUT2D eigenvalue weighted by atomic mass is 10.0. The van der Waals surface area contributed by atoms with Crippen molar-refractivity contribution in [2.45, 2.75) is 264 Å². The monoisotopic (exact) mass is 1210 g/mol. The molecule has 0 aliphatic heterocycles. The zero-order valence-corrected chi connectivity index (χ0v) is 56.3. The van der Waals surface area contributed by atoms with Crippen molar-refractivity contribution in [2.24, 2.45) is 0 Å². The van der Waals surface area contributed by atoms with Crippen LogP contribution in [0.25, 0.3) is 0 Å². The number of carbonyl (C=O) groups excluding carboxylic acids is 2. The third-order valence-electron chi connectivity index (χ3n) is 14.0. The Morgan fingerprint density at radius 2 is 0.628 bits per heavy atom. The quantitative estimate of drug-likeness (QED) is 0.0195. The van der Waals surface area contributed by atoms with Crippen molar-refractivity contribution in [3.05, 3.63) is 158 Å². The predicted octanol–water partition coefficient (Wildman–Crippen LogP) is 21.7. The maximum absolute atomic E-state index is 12.8. The summed E-state index contributed by atoms with van der Waals surface area (Å²) in [7, 11) is 1.14. The number of likely N-dealkylation sites (N-methyl/N-ethyl adjacent to an activating group) is 1. The summed E-state index contributed by atoms with van der Waals surface area (Å²) < 4.78 is 34.3. The molecule has 0 amide bonds. The number of ether oxygens (including phenoxy) is 2. The van der Waals surface area contributed by atoms with Gasteiger partial charge >= 0.3 is 11.9 Å². The standard InChI is InChI=1S/C76H126NO8P/c1-6-8-10-12-14-16-18-20-22-24-26-28-30-32-34-35-36-37-38-39-40-41-43-44-46-48-50-52-54-56-58-60-62-64-66-68-75(78)82-72-74(73-84-86(80,81)83-71-70-77(3,4)5)85-76(79)69-67-65-63-61-59-57-55-53-51-49-47-45-42-33-31-29-27-25-23-21-19-17-15-13-11-9-7-2/h8-11,14-17,20-23,26-29,32-34,36-37,42,47,49,53,55,74H,6-7,12-13,18-19,24-25,30-31,35,38-41,43-46,48,50-52,54,56-73H2,1-5H3/b10-8-,11-9-,16-14-,17-15-,22-20-,23-21-,28-26-,29-27-,34-32-,37-36-,42-33-,49-47-,55-53-. The molecule has 0 saturated heterocycles. The fourth-order valence-corrected chi connectivity index (χ4v) is 9.60. The van der Waals surface area contributed by atoms with Crippen LogP contribution < -0.4 is 4.89 Å². The van der Waals surface area contributed by atoms with Crippen molar-refractivity contribution in [1.29, 1.82) is 0 Å². The van der Waals surface area contributed by atoms with E-state index in [1.165, 1.54) is 89.9 Å². The van der Waals surface area contributed by atoms with Gasteiger partial charge in [0, 0.05) is 12.8 Å². The Bertz CT molecular complexity index is 2010. The van der Waals surface area contributed by atoms with Crippen LogP contribution in [0.4, 0.5) is 0 Å². The molecule has 86 heavy (non-hydrogen) atoms. The van der Waals surface area contributed by atoms with Crippen LogP contribution in [-0.2, 0) is 32.7 Å². The lowest BCUT2D eigenvalue weighted by Gasteiger charge is -2.28. The van der Waals surface area contributed by atoms with Crippen molar-refractivity contribution in [3.8, 4) is 0 Å². The zero-order chi connectivity index (χ0) is 62.6. The van der Waals surface area contributed by atoms with Crippen LogP contribution in [0, 0.1) is 0 Å². The number of phosphoric acid groups is 1. The largest absolute Gasteiger partial charge is 0.756 e. The Kier molecular flexibility index (Phi) is 61.8. The fraction of sp³-hybridized carbons (Fsp3) is 0.632. The van der Waals surface area contributed by atoms with Gasteiger partial charge in [0.1, 0.15) is 19.8 Å². The number of rotatable bonds is 61. The highest BCUT2D eigenvalue weighted by atomic mass is 31.2. The molecule has 0 aliphatic carbocycles. The van der Waals surface area contributed by atoms with E-state index in [1.807, 2.05) is 21.1 Å². The summed E-state index contributed by atoms with van der Waals surface area (Å²) in [5.74, 6) is -0.861.